The van der Waals surface area contributed by atoms with Crippen molar-refractivity contribution in [1.82, 2.24) is 9.29 Å². The molecule has 1 aromatic carbocycles. The number of aliphatic hydroxyl groups is 1. The van der Waals surface area contributed by atoms with E-state index < -0.39 is 27.6 Å². The second-order valence-electron chi connectivity index (χ2n) is 7.19. The van der Waals surface area contributed by atoms with Crippen molar-refractivity contribution >= 4 is 21.6 Å². The van der Waals surface area contributed by atoms with E-state index in [0.717, 1.165) is 5.56 Å². The van der Waals surface area contributed by atoms with Crippen molar-refractivity contribution in [2.45, 2.75) is 30.4 Å². The molecule has 2 heterocycles. The minimum absolute atomic E-state index is 0.0140. The molecular weight excluding hydrogens is 408 g/mol. The zero-order chi connectivity index (χ0) is 22.3. The van der Waals surface area contributed by atoms with Gasteiger partial charge >= 0.3 is 0 Å². The summed E-state index contributed by atoms with van der Waals surface area (Å²) in [6, 6.07) is 6.92. The summed E-state index contributed by atoms with van der Waals surface area (Å²) in [6.45, 7) is 6.55. The Morgan fingerprint density at radius 1 is 1.53 bits per heavy atom. The molecule has 1 aromatic heterocycles. The zero-order valence-corrected chi connectivity index (χ0v) is 17.6. The van der Waals surface area contributed by atoms with Gasteiger partial charge in [0, 0.05) is 18.9 Å². The first-order chi connectivity index (χ1) is 14.0. The van der Waals surface area contributed by atoms with Gasteiger partial charge in [-0.15, -0.1) is 6.58 Å². The smallest absolute Gasteiger partial charge is 0.276 e. The normalized spacial score (nSPS) is 20.8. The largest absolute Gasteiger partial charge is 0.487 e. The fourth-order valence-electron chi connectivity index (χ4n) is 3.18. The molecule has 9 nitrogen and oxygen atoms in total. The van der Waals surface area contributed by atoms with Crippen molar-refractivity contribution in [2.24, 2.45) is 7.05 Å². The number of amides is 1. The number of fused-ring (bicyclic) bond motifs is 1. The van der Waals surface area contributed by atoms with Crippen LogP contribution in [0.25, 0.3) is 0 Å². The molecule has 0 fully saturated rings. The van der Waals surface area contributed by atoms with Crippen LogP contribution in [0.4, 0.5) is 5.69 Å². The minimum atomic E-state index is -4.12. The molecule has 2 unspecified atom stereocenters. The summed E-state index contributed by atoms with van der Waals surface area (Å²) in [7, 11) is -2.60. The van der Waals surface area contributed by atoms with Gasteiger partial charge in [0.1, 0.15) is 17.0 Å². The summed E-state index contributed by atoms with van der Waals surface area (Å²) in [4.78, 5) is 12.7. The Bertz CT molecular complexity index is 1180. The van der Waals surface area contributed by atoms with Gasteiger partial charge in [0.15, 0.2) is 11.4 Å². The number of hydrogen-bond acceptors (Lipinski definition) is 6. The number of sulfonamides is 1. The summed E-state index contributed by atoms with van der Waals surface area (Å²) < 4.78 is 35.3. The van der Waals surface area contributed by atoms with Crippen LogP contribution in [0.5, 0.6) is 5.75 Å². The number of ether oxygens (including phenoxy) is 1. The van der Waals surface area contributed by atoms with Crippen LogP contribution in [-0.2, 0) is 17.1 Å². The minimum Gasteiger partial charge on any atom is -0.487 e. The molecule has 1 aliphatic rings. The highest BCUT2D eigenvalue weighted by Gasteiger charge is 2.44. The maximum Gasteiger partial charge on any atom is 0.276 e. The van der Waals surface area contributed by atoms with Gasteiger partial charge in [-0.05, 0) is 31.5 Å². The summed E-state index contributed by atoms with van der Waals surface area (Å²) in [5.41, 5.74) is 0.100. The second kappa shape index (κ2) is 7.60. The van der Waals surface area contributed by atoms with Crippen LogP contribution in [-0.4, -0.2) is 42.2 Å². The van der Waals surface area contributed by atoms with Crippen LogP contribution in [0.15, 0.2) is 41.9 Å². The van der Waals surface area contributed by atoms with Gasteiger partial charge in [0.05, 0.1) is 17.7 Å². The monoisotopic (exact) mass is 430 g/mol. The number of anilines is 1. The molecule has 0 spiro atoms. The van der Waals surface area contributed by atoms with E-state index in [4.69, 9.17) is 4.74 Å². The maximum atomic E-state index is 13.0. The van der Waals surface area contributed by atoms with Crippen LogP contribution in [0.3, 0.4) is 0 Å². The molecule has 3 N–H and O–H groups in total. The number of aromatic nitrogens is 1. The Hall–Kier alpha value is -3.13. The first kappa shape index (κ1) is 21.6. The molecule has 2 aromatic rings. The Morgan fingerprint density at radius 3 is 2.83 bits per heavy atom. The fourth-order valence-corrected chi connectivity index (χ4v) is 4.80. The number of aliphatic hydroxyl groups excluding tert-OH is 1. The van der Waals surface area contributed by atoms with Crippen molar-refractivity contribution < 1.29 is 23.1 Å². The van der Waals surface area contributed by atoms with Gasteiger partial charge in [-0.25, -0.2) is 8.42 Å². The molecular formula is C20H22N4O5S. The molecule has 0 aliphatic carbocycles. The zero-order valence-electron chi connectivity index (χ0n) is 16.8. The van der Waals surface area contributed by atoms with Gasteiger partial charge in [0.25, 0.3) is 5.91 Å². The van der Waals surface area contributed by atoms with Crippen molar-refractivity contribution in [3.8, 4) is 11.8 Å². The van der Waals surface area contributed by atoms with Crippen molar-refractivity contribution in [1.29, 1.82) is 5.26 Å². The van der Waals surface area contributed by atoms with Crippen LogP contribution in [0, 0.1) is 18.3 Å². The van der Waals surface area contributed by atoms with Crippen LogP contribution < -0.4 is 14.8 Å². The van der Waals surface area contributed by atoms with E-state index >= 15 is 0 Å². The molecule has 1 aliphatic heterocycles. The maximum absolute atomic E-state index is 13.0. The van der Waals surface area contributed by atoms with Gasteiger partial charge in [-0.2, -0.15) is 9.98 Å². The summed E-state index contributed by atoms with van der Waals surface area (Å²) >= 11 is 0. The number of rotatable bonds is 4. The number of nitriles is 1. The average Bonchev–Trinajstić information content (AvgIpc) is 2.98. The van der Waals surface area contributed by atoms with E-state index in [1.54, 1.807) is 19.1 Å². The highest BCUT2D eigenvalue weighted by molar-refractivity contribution is 7.89. The number of carbonyl (C=O) groups excluding carboxylic acids is 1. The number of aryl methyl sites for hydroxylation is 2. The SMILES string of the molecule is C=CC1(C(C)O)COc2c(cn(C)c2C(=O)Nc2ccc(C)c(C#N)c2)S(=O)(=O)N1. The molecule has 3 rings (SSSR count). The predicted octanol–water partition coefficient (Wildman–Crippen LogP) is 1.43. The average molecular weight is 430 g/mol. The third-order valence-corrected chi connectivity index (χ3v) is 6.63. The molecule has 10 heteroatoms. The standard InChI is InChI=1S/C20H22N4O5S/c1-5-20(13(3)25)11-29-18-16(30(27,28)23-20)10-24(4)17(18)19(26)22-15-7-6-12(2)14(8-15)9-21/h5-8,10,13,23,25H,1,11H2,2-4H3,(H,22,26). The highest BCUT2D eigenvalue weighted by Crippen LogP contribution is 2.35. The Kier molecular flexibility index (Phi) is 5.47. The van der Waals surface area contributed by atoms with Gasteiger partial charge < -0.3 is 19.7 Å². The predicted molar refractivity (Wildman–Crippen MR) is 110 cm³/mol. The summed E-state index contributed by atoms with van der Waals surface area (Å²) in [6.07, 6.45) is 1.41. The Labute approximate surface area is 174 Å². The molecule has 0 radical (unpaired) electrons. The number of nitrogens with zero attached hydrogens (tertiary/aromatic N) is 2. The van der Waals surface area contributed by atoms with Crippen LogP contribution in [0.2, 0.25) is 0 Å². The van der Waals surface area contributed by atoms with E-state index in [9.17, 15) is 23.6 Å². The molecule has 0 bridgehead atoms. The van der Waals surface area contributed by atoms with E-state index in [1.165, 1.54) is 36.9 Å². The molecule has 2 atom stereocenters. The Balaban J connectivity index is 2.03. The first-order valence-corrected chi connectivity index (χ1v) is 10.5. The van der Waals surface area contributed by atoms with Crippen LogP contribution in [0.1, 0.15) is 28.5 Å². The van der Waals surface area contributed by atoms with E-state index in [-0.39, 0.29) is 22.9 Å². The third-order valence-electron chi connectivity index (χ3n) is 5.11. The van der Waals surface area contributed by atoms with Gasteiger partial charge in [-0.3, -0.25) is 4.79 Å². The van der Waals surface area contributed by atoms with E-state index in [2.05, 4.69) is 16.6 Å². The van der Waals surface area contributed by atoms with Gasteiger partial charge in [0.2, 0.25) is 10.0 Å². The van der Waals surface area contributed by atoms with E-state index in [0.29, 0.717) is 11.3 Å². The molecule has 30 heavy (non-hydrogen) atoms. The number of hydrogen-bond donors (Lipinski definition) is 3. The highest BCUT2D eigenvalue weighted by atomic mass is 32.2. The van der Waals surface area contributed by atoms with Crippen molar-refractivity contribution in [3.05, 3.63) is 53.9 Å². The lowest BCUT2D eigenvalue weighted by Crippen LogP contribution is -2.56. The quantitative estimate of drug-likeness (QED) is 0.629. The van der Waals surface area contributed by atoms with Gasteiger partial charge in [-0.1, -0.05) is 12.1 Å². The van der Waals surface area contributed by atoms with E-state index in [1.807, 2.05) is 6.07 Å². The fraction of sp³-hybridized carbons (Fsp3) is 0.300. The number of carbonyl (C=O) groups is 1. The first-order valence-electron chi connectivity index (χ1n) is 9.04. The molecule has 0 saturated carbocycles. The number of nitrogens with one attached hydrogen (secondary N) is 2. The lowest BCUT2D eigenvalue weighted by Gasteiger charge is -2.31. The molecule has 158 valence electrons. The summed E-state index contributed by atoms with van der Waals surface area (Å²) in [5.74, 6) is -0.732. The van der Waals surface area contributed by atoms with Crippen molar-refractivity contribution in [3.63, 3.8) is 0 Å². The van der Waals surface area contributed by atoms with Crippen molar-refractivity contribution in [2.75, 3.05) is 11.9 Å². The van der Waals surface area contributed by atoms with Crippen LogP contribution >= 0.6 is 0 Å². The lowest BCUT2D eigenvalue weighted by molar-refractivity contribution is 0.0822. The topological polar surface area (TPSA) is 133 Å². The Morgan fingerprint density at radius 2 is 2.23 bits per heavy atom. The molecule has 1 amide bonds. The molecule has 0 saturated heterocycles. The second-order valence-corrected chi connectivity index (χ2v) is 8.84. The number of benzene rings is 1. The lowest BCUT2D eigenvalue weighted by atomic mass is 9.96. The summed E-state index contributed by atoms with van der Waals surface area (Å²) in [5, 5.41) is 22.0. The third kappa shape index (κ3) is 3.59.